The quantitative estimate of drug-likeness (QED) is 0.203. The fourth-order valence-corrected chi connectivity index (χ4v) is 5.76. The van der Waals surface area contributed by atoms with Gasteiger partial charge in [-0.2, -0.15) is 0 Å². The lowest BCUT2D eigenvalue weighted by molar-refractivity contribution is -0.132. The number of ketones is 1. The molecule has 1 aromatic heterocycles. The molecule has 6 nitrogen and oxygen atoms in total. The number of aromatic nitrogens is 1. The molecule has 1 atom stereocenters. The molecular weight excluding hydrogens is 484 g/mol. The van der Waals surface area contributed by atoms with Crippen molar-refractivity contribution in [2.24, 2.45) is 0 Å². The van der Waals surface area contributed by atoms with Crippen LogP contribution in [0.5, 0.6) is 5.75 Å². The van der Waals surface area contributed by atoms with Crippen LogP contribution in [0.2, 0.25) is 5.02 Å². The standard InChI is InChI=1S/C27H21ClN2O4S/c1-14-11-15(2)22-20(12-14)35-27(29-22)30-23(17-5-4-6-18(28)13-17)21(25(32)26(30)33)24(31)16-7-9-19(34-3)10-8-16/h4-13,23,31H,1-3H3/b24-21+/t23-/m1/s1. The van der Waals surface area contributed by atoms with Crippen molar-refractivity contribution in [2.45, 2.75) is 19.9 Å². The first-order valence-electron chi connectivity index (χ1n) is 10.9. The molecule has 0 spiro atoms. The van der Waals surface area contributed by atoms with Crippen LogP contribution in [0.25, 0.3) is 16.0 Å². The average Bonchev–Trinajstić information content (AvgIpc) is 3.37. The minimum Gasteiger partial charge on any atom is -0.507 e. The Bertz CT molecular complexity index is 1520. The molecule has 0 aliphatic carbocycles. The van der Waals surface area contributed by atoms with Crippen molar-refractivity contribution in [1.29, 1.82) is 0 Å². The normalized spacial score (nSPS) is 17.4. The van der Waals surface area contributed by atoms with Crippen molar-refractivity contribution < 1.29 is 19.4 Å². The number of aliphatic hydroxyl groups is 1. The Morgan fingerprint density at radius 3 is 2.51 bits per heavy atom. The summed E-state index contributed by atoms with van der Waals surface area (Å²) >= 11 is 7.61. The first kappa shape index (κ1) is 23.1. The Kier molecular flexibility index (Phi) is 5.83. The summed E-state index contributed by atoms with van der Waals surface area (Å²) in [5, 5.41) is 12.1. The van der Waals surface area contributed by atoms with Gasteiger partial charge >= 0.3 is 5.91 Å². The number of hydrogen-bond acceptors (Lipinski definition) is 6. The molecule has 5 rings (SSSR count). The molecule has 0 unspecified atom stereocenters. The summed E-state index contributed by atoms with van der Waals surface area (Å²) in [6.07, 6.45) is 0. The molecule has 8 heteroatoms. The molecule has 1 N–H and O–H groups in total. The minimum absolute atomic E-state index is 0.0189. The van der Waals surface area contributed by atoms with E-state index in [9.17, 15) is 14.7 Å². The summed E-state index contributed by atoms with van der Waals surface area (Å²) in [6, 6.07) is 16.7. The number of hydrogen-bond donors (Lipinski definition) is 1. The van der Waals surface area contributed by atoms with E-state index in [1.54, 1.807) is 55.6 Å². The van der Waals surface area contributed by atoms with E-state index in [0.717, 1.165) is 21.3 Å². The van der Waals surface area contributed by atoms with E-state index in [2.05, 4.69) is 0 Å². The molecule has 0 radical (unpaired) electrons. The smallest absolute Gasteiger partial charge is 0.301 e. The molecule has 1 saturated heterocycles. The zero-order valence-corrected chi connectivity index (χ0v) is 20.8. The fourth-order valence-electron chi connectivity index (χ4n) is 4.39. The maximum atomic E-state index is 13.4. The van der Waals surface area contributed by atoms with Gasteiger partial charge in [0.15, 0.2) is 5.13 Å². The van der Waals surface area contributed by atoms with Gasteiger partial charge in [-0.1, -0.05) is 41.1 Å². The van der Waals surface area contributed by atoms with Crippen LogP contribution < -0.4 is 9.64 Å². The van der Waals surface area contributed by atoms with Crippen LogP contribution in [0.3, 0.4) is 0 Å². The number of benzene rings is 3. The minimum atomic E-state index is -0.891. The lowest BCUT2D eigenvalue weighted by atomic mass is 9.95. The molecule has 4 aromatic rings. The van der Waals surface area contributed by atoms with E-state index in [0.29, 0.717) is 27.0 Å². The molecule has 3 aromatic carbocycles. The topological polar surface area (TPSA) is 79.7 Å². The molecule has 176 valence electrons. The summed E-state index contributed by atoms with van der Waals surface area (Å²) in [6.45, 7) is 3.96. The van der Waals surface area contributed by atoms with Gasteiger partial charge in [0.05, 0.1) is 28.9 Å². The second-order valence-corrected chi connectivity index (χ2v) is 9.82. The van der Waals surface area contributed by atoms with Crippen LogP contribution in [0.4, 0.5) is 5.13 Å². The second kappa shape index (κ2) is 8.83. The van der Waals surface area contributed by atoms with E-state index in [1.165, 1.54) is 16.2 Å². The van der Waals surface area contributed by atoms with Gasteiger partial charge in [0, 0.05) is 10.6 Å². The number of rotatable bonds is 4. The first-order valence-corrected chi connectivity index (χ1v) is 12.1. The van der Waals surface area contributed by atoms with Gasteiger partial charge in [-0.15, -0.1) is 0 Å². The highest BCUT2D eigenvalue weighted by Gasteiger charge is 2.48. The number of aryl methyl sites for hydroxylation is 2. The largest absolute Gasteiger partial charge is 0.507 e. The molecule has 1 aliphatic heterocycles. The van der Waals surface area contributed by atoms with Gasteiger partial charge < -0.3 is 9.84 Å². The summed E-state index contributed by atoms with van der Waals surface area (Å²) in [5.74, 6) is -1.20. The molecular formula is C27H21ClN2O4S. The molecule has 1 amide bonds. The highest BCUT2D eigenvalue weighted by molar-refractivity contribution is 7.22. The summed E-state index contributed by atoms with van der Waals surface area (Å²) in [4.78, 5) is 32.8. The van der Waals surface area contributed by atoms with E-state index >= 15 is 0 Å². The maximum Gasteiger partial charge on any atom is 0.301 e. The van der Waals surface area contributed by atoms with E-state index in [-0.39, 0.29) is 11.3 Å². The maximum absolute atomic E-state index is 13.4. The Morgan fingerprint density at radius 1 is 1.09 bits per heavy atom. The molecule has 2 heterocycles. The number of methoxy groups -OCH3 is 1. The monoisotopic (exact) mass is 504 g/mol. The summed E-state index contributed by atoms with van der Waals surface area (Å²) in [5.41, 5.74) is 3.81. The van der Waals surface area contributed by atoms with Gasteiger partial charge in [-0.3, -0.25) is 14.5 Å². The number of Topliss-reactive ketones (excluding diaryl/α,β-unsaturated/α-hetero) is 1. The first-order chi connectivity index (χ1) is 16.8. The van der Waals surface area contributed by atoms with Crippen molar-refractivity contribution in [3.05, 3.63) is 93.5 Å². The molecule has 1 aliphatic rings. The fraction of sp³-hybridized carbons (Fsp3) is 0.148. The van der Waals surface area contributed by atoms with Crippen molar-refractivity contribution >= 4 is 55.7 Å². The zero-order valence-electron chi connectivity index (χ0n) is 19.2. The molecule has 0 saturated carbocycles. The van der Waals surface area contributed by atoms with Crippen LogP contribution in [0.15, 0.2) is 66.2 Å². The van der Waals surface area contributed by atoms with E-state index < -0.39 is 17.7 Å². The van der Waals surface area contributed by atoms with Crippen LogP contribution in [0, 0.1) is 13.8 Å². The molecule has 35 heavy (non-hydrogen) atoms. The molecule has 0 bridgehead atoms. The molecule has 1 fully saturated rings. The highest BCUT2D eigenvalue weighted by atomic mass is 35.5. The van der Waals surface area contributed by atoms with Gasteiger partial charge in [0.2, 0.25) is 0 Å². The Balaban J connectivity index is 1.73. The average molecular weight is 505 g/mol. The number of amides is 1. The number of carbonyl (C=O) groups excluding carboxylic acids is 2. The van der Waals surface area contributed by atoms with Crippen molar-refractivity contribution in [3.63, 3.8) is 0 Å². The summed E-state index contributed by atoms with van der Waals surface area (Å²) < 4.78 is 6.11. The van der Waals surface area contributed by atoms with E-state index in [4.69, 9.17) is 21.3 Å². The van der Waals surface area contributed by atoms with Crippen LogP contribution in [-0.4, -0.2) is 28.9 Å². The Morgan fingerprint density at radius 2 is 1.83 bits per heavy atom. The van der Waals surface area contributed by atoms with Crippen molar-refractivity contribution in [2.75, 3.05) is 12.0 Å². The zero-order chi connectivity index (χ0) is 24.9. The number of fused-ring (bicyclic) bond motifs is 1. The Hall–Kier alpha value is -3.68. The number of aliphatic hydroxyl groups excluding tert-OH is 1. The SMILES string of the molecule is COc1ccc(/C(O)=C2\C(=O)C(=O)N(c3nc4c(C)cc(C)cc4s3)[C@@H]2c2cccc(Cl)c2)cc1. The van der Waals surface area contributed by atoms with Crippen molar-refractivity contribution in [3.8, 4) is 5.75 Å². The predicted molar refractivity (Wildman–Crippen MR) is 138 cm³/mol. The third-order valence-corrected chi connectivity index (χ3v) is 7.23. The number of thiazole rings is 1. The van der Waals surface area contributed by atoms with Gasteiger partial charge in [0.25, 0.3) is 5.78 Å². The van der Waals surface area contributed by atoms with Crippen LogP contribution >= 0.6 is 22.9 Å². The number of anilines is 1. The van der Waals surface area contributed by atoms with Gasteiger partial charge in [-0.25, -0.2) is 4.98 Å². The number of nitrogens with zero attached hydrogens (tertiary/aromatic N) is 2. The van der Waals surface area contributed by atoms with Gasteiger partial charge in [-0.05, 0) is 73.0 Å². The van der Waals surface area contributed by atoms with Crippen LogP contribution in [0.1, 0.15) is 28.3 Å². The van der Waals surface area contributed by atoms with Crippen molar-refractivity contribution in [1.82, 2.24) is 4.98 Å². The second-order valence-electron chi connectivity index (χ2n) is 8.38. The van der Waals surface area contributed by atoms with Gasteiger partial charge in [0.1, 0.15) is 11.5 Å². The summed E-state index contributed by atoms with van der Waals surface area (Å²) in [7, 11) is 1.54. The third kappa shape index (κ3) is 3.96. The lowest BCUT2D eigenvalue weighted by Gasteiger charge is -2.23. The predicted octanol–water partition coefficient (Wildman–Crippen LogP) is 6.20. The highest BCUT2D eigenvalue weighted by Crippen LogP contribution is 2.45. The Labute approximate surface area is 211 Å². The number of carbonyl (C=O) groups is 2. The number of ether oxygens (including phenoxy) is 1. The number of halogens is 1. The lowest BCUT2D eigenvalue weighted by Crippen LogP contribution is -2.29. The van der Waals surface area contributed by atoms with E-state index in [1.807, 2.05) is 26.0 Å². The third-order valence-electron chi connectivity index (χ3n) is 6.00. The van der Waals surface area contributed by atoms with Crippen LogP contribution in [-0.2, 0) is 9.59 Å².